The number of carbonyl (C=O) groups excluding carboxylic acids is 1. The second-order valence-corrected chi connectivity index (χ2v) is 7.44. The first-order valence-corrected chi connectivity index (χ1v) is 10.2. The number of amides is 1. The number of phenols is 1. The number of benzene rings is 3. The molecule has 0 spiro atoms. The maximum absolute atomic E-state index is 12.2. The maximum atomic E-state index is 12.2. The fourth-order valence-corrected chi connectivity index (χ4v) is 3.85. The summed E-state index contributed by atoms with van der Waals surface area (Å²) < 4.78 is 1.90. The molecule has 0 bridgehead atoms. The molecule has 1 aromatic heterocycles. The smallest absolute Gasteiger partial charge is 0.250 e. The van der Waals surface area contributed by atoms with Crippen LogP contribution in [0, 0.1) is 6.92 Å². The molecule has 0 fully saturated rings. The van der Waals surface area contributed by atoms with Gasteiger partial charge in [-0.25, -0.2) is 5.43 Å². The lowest BCUT2D eigenvalue weighted by atomic mass is 10.0. The number of aromatic hydroxyl groups is 1. The summed E-state index contributed by atoms with van der Waals surface area (Å²) in [5, 5.41) is 24.9. The highest BCUT2D eigenvalue weighted by molar-refractivity contribution is 7.99. The van der Waals surface area contributed by atoms with Crippen LogP contribution in [0.25, 0.3) is 16.5 Å². The Morgan fingerprint density at radius 2 is 1.87 bits per heavy atom. The molecular weight excluding hydrogens is 398 g/mol. The molecule has 3 aromatic carbocycles. The SMILES string of the molecule is Cc1nnc(SCC(=O)N/N=C\c2c(O)ccc3ccccc23)n1-c1ccccc1. The zero-order valence-electron chi connectivity index (χ0n) is 16.2. The van der Waals surface area contributed by atoms with Crippen molar-refractivity contribution in [3.63, 3.8) is 0 Å². The number of phenolic OH excluding ortho intramolecular Hbond substituents is 1. The topological polar surface area (TPSA) is 92.4 Å². The van der Waals surface area contributed by atoms with Crippen LogP contribution in [0.4, 0.5) is 0 Å². The molecule has 0 aliphatic carbocycles. The van der Waals surface area contributed by atoms with Crippen LogP contribution in [0.1, 0.15) is 11.4 Å². The van der Waals surface area contributed by atoms with E-state index in [1.807, 2.05) is 72.2 Å². The summed E-state index contributed by atoms with van der Waals surface area (Å²) in [6.45, 7) is 1.87. The van der Waals surface area contributed by atoms with Gasteiger partial charge in [-0.15, -0.1) is 10.2 Å². The molecule has 0 aliphatic heterocycles. The van der Waals surface area contributed by atoms with Gasteiger partial charge in [0.25, 0.3) is 5.91 Å². The van der Waals surface area contributed by atoms with Crippen molar-refractivity contribution in [1.82, 2.24) is 20.2 Å². The van der Waals surface area contributed by atoms with E-state index in [4.69, 9.17) is 0 Å². The van der Waals surface area contributed by atoms with Gasteiger partial charge < -0.3 is 5.11 Å². The van der Waals surface area contributed by atoms with E-state index in [2.05, 4.69) is 20.7 Å². The van der Waals surface area contributed by atoms with Gasteiger partial charge in [-0.3, -0.25) is 9.36 Å². The number of hydrogen-bond donors (Lipinski definition) is 2. The summed E-state index contributed by atoms with van der Waals surface area (Å²) >= 11 is 1.28. The predicted molar refractivity (Wildman–Crippen MR) is 118 cm³/mol. The average molecular weight is 417 g/mol. The normalized spacial score (nSPS) is 11.2. The van der Waals surface area contributed by atoms with E-state index in [0.717, 1.165) is 22.3 Å². The van der Waals surface area contributed by atoms with E-state index in [1.54, 1.807) is 6.07 Å². The molecule has 1 heterocycles. The Kier molecular flexibility index (Phi) is 5.76. The van der Waals surface area contributed by atoms with E-state index in [0.29, 0.717) is 10.7 Å². The summed E-state index contributed by atoms with van der Waals surface area (Å²) in [7, 11) is 0. The Labute approximate surface area is 177 Å². The van der Waals surface area contributed by atoms with Crippen molar-refractivity contribution in [2.45, 2.75) is 12.1 Å². The van der Waals surface area contributed by atoms with Crippen LogP contribution in [-0.4, -0.2) is 37.7 Å². The quantitative estimate of drug-likeness (QED) is 0.284. The lowest BCUT2D eigenvalue weighted by molar-refractivity contribution is -0.118. The Balaban J connectivity index is 1.42. The molecule has 4 aromatic rings. The summed E-state index contributed by atoms with van der Waals surface area (Å²) in [6, 6.07) is 20.8. The Morgan fingerprint density at radius 1 is 1.10 bits per heavy atom. The monoisotopic (exact) mass is 417 g/mol. The number of para-hydroxylation sites is 1. The van der Waals surface area contributed by atoms with E-state index in [-0.39, 0.29) is 17.4 Å². The second-order valence-electron chi connectivity index (χ2n) is 6.50. The lowest BCUT2D eigenvalue weighted by Crippen LogP contribution is -2.20. The summed E-state index contributed by atoms with van der Waals surface area (Å²) in [4.78, 5) is 12.2. The van der Waals surface area contributed by atoms with Gasteiger partial charge in [0, 0.05) is 11.3 Å². The van der Waals surface area contributed by atoms with Crippen molar-refractivity contribution in [2.24, 2.45) is 5.10 Å². The first-order valence-electron chi connectivity index (χ1n) is 9.26. The van der Waals surface area contributed by atoms with Crippen LogP contribution in [0.2, 0.25) is 0 Å². The molecule has 4 rings (SSSR count). The molecule has 0 radical (unpaired) electrons. The summed E-state index contributed by atoms with van der Waals surface area (Å²) in [5.74, 6) is 0.696. The minimum atomic E-state index is -0.281. The van der Waals surface area contributed by atoms with Crippen LogP contribution in [0.3, 0.4) is 0 Å². The van der Waals surface area contributed by atoms with Gasteiger partial charge in [-0.05, 0) is 35.9 Å². The number of carbonyl (C=O) groups is 1. The Morgan fingerprint density at radius 3 is 2.70 bits per heavy atom. The zero-order chi connectivity index (χ0) is 20.9. The van der Waals surface area contributed by atoms with Crippen LogP contribution in [0.15, 0.2) is 77.0 Å². The largest absolute Gasteiger partial charge is 0.507 e. The van der Waals surface area contributed by atoms with E-state index in [1.165, 1.54) is 18.0 Å². The first-order chi connectivity index (χ1) is 14.6. The van der Waals surface area contributed by atoms with Gasteiger partial charge in [0.15, 0.2) is 5.16 Å². The van der Waals surface area contributed by atoms with Crippen LogP contribution in [-0.2, 0) is 4.79 Å². The molecule has 150 valence electrons. The van der Waals surface area contributed by atoms with Crippen molar-refractivity contribution in [2.75, 3.05) is 5.75 Å². The third-order valence-electron chi connectivity index (χ3n) is 4.47. The molecule has 0 unspecified atom stereocenters. The number of fused-ring (bicyclic) bond motifs is 1. The number of nitrogens with one attached hydrogen (secondary N) is 1. The van der Waals surface area contributed by atoms with Crippen LogP contribution in [0.5, 0.6) is 5.75 Å². The van der Waals surface area contributed by atoms with Crippen LogP contribution >= 0.6 is 11.8 Å². The molecule has 7 nitrogen and oxygen atoms in total. The molecule has 2 N–H and O–H groups in total. The first kappa shape index (κ1) is 19.7. The van der Waals surface area contributed by atoms with Gasteiger partial charge in [0.2, 0.25) is 0 Å². The molecule has 8 heteroatoms. The highest BCUT2D eigenvalue weighted by Gasteiger charge is 2.13. The van der Waals surface area contributed by atoms with Crippen molar-refractivity contribution in [1.29, 1.82) is 0 Å². The third kappa shape index (κ3) is 4.18. The molecule has 1 amide bonds. The van der Waals surface area contributed by atoms with Gasteiger partial charge >= 0.3 is 0 Å². The fourth-order valence-electron chi connectivity index (χ4n) is 3.06. The number of rotatable bonds is 6. The fraction of sp³-hybridized carbons (Fsp3) is 0.0909. The highest BCUT2D eigenvalue weighted by atomic mass is 32.2. The number of thioether (sulfide) groups is 1. The van der Waals surface area contributed by atoms with E-state index >= 15 is 0 Å². The number of hydrogen-bond acceptors (Lipinski definition) is 6. The van der Waals surface area contributed by atoms with Gasteiger partial charge in [-0.1, -0.05) is 60.3 Å². The molecule has 0 saturated heterocycles. The zero-order valence-corrected chi connectivity index (χ0v) is 17.0. The third-order valence-corrected chi connectivity index (χ3v) is 5.40. The van der Waals surface area contributed by atoms with Gasteiger partial charge in [0.1, 0.15) is 11.6 Å². The Bertz CT molecular complexity index is 1220. The van der Waals surface area contributed by atoms with Crippen molar-refractivity contribution >= 4 is 34.7 Å². The van der Waals surface area contributed by atoms with Crippen LogP contribution < -0.4 is 5.43 Å². The lowest BCUT2D eigenvalue weighted by Gasteiger charge is -2.07. The standard InChI is InChI=1S/C22H19N5O2S/c1-15-24-26-22(27(15)17-8-3-2-4-9-17)30-14-21(29)25-23-13-19-18-10-6-5-7-16(18)11-12-20(19)28/h2-13,28H,14H2,1H3,(H,25,29)/b23-13-. The maximum Gasteiger partial charge on any atom is 0.250 e. The average Bonchev–Trinajstić information content (AvgIpc) is 3.14. The molecule has 0 atom stereocenters. The summed E-state index contributed by atoms with van der Waals surface area (Å²) in [5.41, 5.74) is 3.99. The summed E-state index contributed by atoms with van der Waals surface area (Å²) in [6.07, 6.45) is 1.46. The Hall–Kier alpha value is -3.65. The number of nitrogens with zero attached hydrogens (tertiary/aromatic N) is 4. The minimum absolute atomic E-state index is 0.104. The van der Waals surface area contributed by atoms with Crippen molar-refractivity contribution < 1.29 is 9.90 Å². The van der Waals surface area contributed by atoms with E-state index in [9.17, 15) is 9.90 Å². The molecule has 0 aliphatic rings. The van der Waals surface area contributed by atoms with Gasteiger partial charge in [-0.2, -0.15) is 5.10 Å². The molecular formula is C22H19N5O2S. The molecule has 30 heavy (non-hydrogen) atoms. The predicted octanol–water partition coefficient (Wildman–Crippen LogP) is 3.68. The number of aryl methyl sites for hydroxylation is 1. The minimum Gasteiger partial charge on any atom is -0.507 e. The highest BCUT2D eigenvalue weighted by Crippen LogP contribution is 2.25. The van der Waals surface area contributed by atoms with Crippen molar-refractivity contribution in [3.8, 4) is 11.4 Å². The second kappa shape index (κ2) is 8.79. The molecule has 0 saturated carbocycles. The van der Waals surface area contributed by atoms with E-state index < -0.39 is 0 Å². The number of aromatic nitrogens is 3. The number of hydrazone groups is 1. The van der Waals surface area contributed by atoms with Crippen molar-refractivity contribution in [3.05, 3.63) is 78.1 Å². The van der Waals surface area contributed by atoms with Gasteiger partial charge in [0.05, 0.1) is 12.0 Å².